The van der Waals surface area contributed by atoms with Crippen molar-refractivity contribution in [1.29, 1.82) is 0 Å². The second kappa shape index (κ2) is 10.0. The van der Waals surface area contributed by atoms with E-state index in [0.717, 1.165) is 48.8 Å². The number of nitrogens with zero attached hydrogens (tertiary/aromatic N) is 1. The fourth-order valence-electron chi connectivity index (χ4n) is 4.08. The lowest BCUT2D eigenvalue weighted by atomic mass is 9.92. The number of aryl methyl sites for hydroxylation is 2. The standard InChI is InChI=1S/C24H32N4O3S/c1-14-7-10-17(22(30)27-18-5-3-4-6-20(18)29)13-19(14)28-23(31)21-15(2)26-24(32-21)25-12-11-16-8-9-16/h7,10,13,16,18,20,29H,3-6,8-9,11-12H2,1-2H3,(H,25,26)(H,27,30)(H,28,31)/t18-,20-/m0/s1. The van der Waals surface area contributed by atoms with Crippen molar-refractivity contribution in [2.75, 3.05) is 17.2 Å². The minimum Gasteiger partial charge on any atom is -0.391 e. The zero-order valence-electron chi connectivity index (χ0n) is 18.7. The summed E-state index contributed by atoms with van der Waals surface area (Å²) in [6.45, 7) is 4.61. The van der Waals surface area contributed by atoms with E-state index in [1.54, 1.807) is 12.1 Å². The van der Waals surface area contributed by atoms with Gasteiger partial charge in [0, 0.05) is 17.8 Å². The SMILES string of the molecule is Cc1ccc(C(=O)N[C@H]2CCCC[C@@H]2O)cc1NC(=O)c1sc(NCCC2CC2)nc1C. The number of aromatic nitrogens is 1. The van der Waals surface area contributed by atoms with E-state index >= 15 is 0 Å². The Labute approximate surface area is 193 Å². The summed E-state index contributed by atoms with van der Waals surface area (Å²) in [6.07, 6.45) is 6.78. The molecule has 0 bridgehead atoms. The number of hydrogen-bond acceptors (Lipinski definition) is 6. The van der Waals surface area contributed by atoms with Crippen molar-refractivity contribution < 1.29 is 14.7 Å². The Hall–Kier alpha value is -2.45. The molecule has 4 rings (SSSR count). The lowest BCUT2D eigenvalue weighted by molar-refractivity contribution is 0.0717. The summed E-state index contributed by atoms with van der Waals surface area (Å²) in [5.74, 6) is 0.390. The number of benzene rings is 1. The first kappa shape index (κ1) is 22.7. The number of nitrogens with one attached hydrogen (secondary N) is 3. The highest BCUT2D eigenvalue weighted by Gasteiger charge is 2.25. The predicted molar refractivity (Wildman–Crippen MR) is 128 cm³/mol. The first-order valence-electron chi connectivity index (χ1n) is 11.5. The van der Waals surface area contributed by atoms with Crippen LogP contribution in [0.3, 0.4) is 0 Å². The van der Waals surface area contributed by atoms with Gasteiger partial charge in [-0.3, -0.25) is 9.59 Å². The van der Waals surface area contributed by atoms with Crippen LogP contribution >= 0.6 is 11.3 Å². The van der Waals surface area contributed by atoms with Crippen LogP contribution < -0.4 is 16.0 Å². The van der Waals surface area contributed by atoms with Gasteiger partial charge in [-0.1, -0.05) is 43.1 Å². The summed E-state index contributed by atoms with van der Waals surface area (Å²) < 4.78 is 0. The molecule has 2 aromatic rings. The number of carbonyl (C=O) groups is 2. The highest BCUT2D eigenvalue weighted by molar-refractivity contribution is 7.17. The molecule has 2 atom stereocenters. The Balaban J connectivity index is 1.40. The van der Waals surface area contributed by atoms with E-state index in [9.17, 15) is 14.7 Å². The van der Waals surface area contributed by atoms with Crippen molar-refractivity contribution in [2.24, 2.45) is 5.92 Å². The van der Waals surface area contributed by atoms with Crippen molar-refractivity contribution in [3.8, 4) is 0 Å². The third kappa shape index (κ3) is 5.66. The Kier molecular flexibility index (Phi) is 7.10. The van der Waals surface area contributed by atoms with E-state index in [1.165, 1.54) is 24.2 Å². The van der Waals surface area contributed by atoms with E-state index in [1.807, 2.05) is 19.9 Å². The van der Waals surface area contributed by atoms with Crippen LogP contribution in [0.25, 0.3) is 0 Å². The smallest absolute Gasteiger partial charge is 0.267 e. The number of anilines is 2. The zero-order valence-corrected chi connectivity index (χ0v) is 19.6. The Morgan fingerprint density at radius 2 is 1.91 bits per heavy atom. The second-order valence-corrected chi connectivity index (χ2v) is 10.0. The molecule has 0 radical (unpaired) electrons. The molecule has 7 nitrogen and oxygen atoms in total. The number of aliphatic hydroxyl groups is 1. The molecule has 2 amide bonds. The highest BCUT2D eigenvalue weighted by Crippen LogP contribution is 2.32. The van der Waals surface area contributed by atoms with Crippen molar-refractivity contribution >= 4 is 34.0 Å². The van der Waals surface area contributed by atoms with Crippen LogP contribution in [-0.4, -0.2) is 40.6 Å². The molecule has 4 N–H and O–H groups in total. The first-order valence-corrected chi connectivity index (χ1v) is 12.3. The Bertz CT molecular complexity index is 986. The minimum absolute atomic E-state index is 0.221. The third-order valence-electron chi connectivity index (χ3n) is 6.32. The summed E-state index contributed by atoms with van der Waals surface area (Å²) in [6, 6.07) is 5.05. The first-order chi connectivity index (χ1) is 15.4. The second-order valence-electron chi connectivity index (χ2n) is 9.01. The van der Waals surface area contributed by atoms with Gasteiger partial charge in [0.1, 0.15) is 4.88 Å². The summed E-state index contributed by atoms with van der Waals surface area (Å²) in [5, 5.41) is 20.1. The van der Waals surface area contributed by atoms with Gasteiger partial charge in [-0.25, -0.2) is 4.98 Å². The van der Waals surface area contributed by atoms with Crippen LogP contribution in [0.5, 0.6) is 0 Å². The molecular weight excluding hydrogens is 424 g/mol. The lowest BCUT2D eigenvalue weighted by Gasteiger charge is -2.28. The van der Waals surface area contributed by atoms with Gasteiger partial charge < -0.3 is 21.1 Å². The number of aliphatic hydroxyl groups excluding tert-OH is 1. The van der Waals surface area contributed by atoms with Crippen LogP contribution in [0, 0.1) is 19.8 Å². The largest absolute Gasteiger partial charge is 0.391 e. The van der Waals surface area contributed by atoms with Gasteiger partial charge in [-0.05, 0) is 56.7 Å². The predicted octanol–water partition coefficient (Wildman–Crippen LogP) is 4.26. The normalized spacial score (nSPS) is 20.6. The van der Waals surface area contributed by atoms with E-state index in [0.29, 0.717) is 28.2 Å². The van der Waals surface area contributed by atoms with Gasteiger partial charge >= 0.3 is 0 Å². The van der Waals surface area contributed by atoms with Crippen LogP contribution in [0.1, 0.15) is 76.2 Å². The van der Waals surface area contributed by atoms with Crippen molar-refractivity contribution in [2.45, 2.75) is 70.9 Å². The molecule has 8 heteroatoms. The van der Waals surface area contributed by atoms with E-state index in [4.69, 9.17) is 0 Å². The Morgan fingerprint density at radius 3 is 2.66 bits per heavy atom. The number of rotatable bonds is 8. The van der Waals surface area contributed by atoms with Crippen molar-refractivity contribution in [3.63, 3.8) is 0 Å². The summed E-state index contributed by atoms with van der Waals surface area (Å²) in [7, 11) is 0. The molecule has 2 aliphatic carbocycles. The van der Waals surface area contributed by atoms with Crippen LogP contribution in [-0.2, 0) is 0 Å². The summed E-state index contributed by atoms with van der Waals surface area (Å²) >= 11 is 1.36. The molecular formula is C24H32N4O3S. The highest BCUT2D eigenvalue weighted by atomic mass is 32.1. The molecule has 1 aromatic carbocycles. The lowest BCUT2D eigenvalue weighted by Crippen LogP contribution is -2.45. The number of thiazole rings is 1. The average Bonchev–Trinajstić information content (AvgIpc) is 3.51. The van der Waals surface area contributed by atoms with Gasteiger partial charge in [0.25, 0.3) is 11.8 Å². The monoisotopic (exact) mass is 456 g/mol. The molecule has 0 saturated heterocycles. The summed E-state index contributed by atoms with van der Waals surface area (Å²) in [4.78, 5) is 30.7. The van der Waals surface area contributed by atoms with Gasteiger partial charge in [-0.15, -0.1) is 0 Å². The van der Waals surface area contributed by atoms with Gasteiger partial charge in [-0.2, -0.15) is 0 Å². The van der Waals surface area contributed by atoms with Gasteiger partial charge in [0.05, 0.1) is 17.8 Å². The van der Waals surface area contributed by atoms with Crippen LogP contribution in [0.4, 0.5) is 10.8 Å². The molecule has 2 fully saturated rings. The number of carbonyl (C=O) groups excluding carboxylic acids is 2. The third-order valence-corrected chi connectivity index (χ3v) is 7.44. The molecule has 1 aromatic heterocycles. The molecule has 0 unspecified atom stereocenters. The van der Waals surface area contributed by atoms with Gasteiger partial charge in [0.2, 0.25) is 0 Å². The summed E-state index contributed by atoms with van der Waals surface area (Å²) in [5.41, 5.74) is 2.63. The molecule has 172 valence electrons. The fourth-order valence-corrected chi connectivity index (χ4v) is 4.97. The molecule has 32 heavy (non-hydrogen) atoms. The maximum Gasteiger partial charge on any atom is 0.267 e. The number of amides is 2. The molecule has 0 aliphatic heterocycles. The molecule has 2 aliphatic rings. The average molecular weight is 457 g/mol. The van der Waals surface area contributed by atoms with Crippen LogP contribution in [0.2, 0.25) is 0 Å². The number of hydrogen-bond donors (Lipinski definition) is 4. The molecule has 0 spiro atoms. The topological polar surface area (TPSA) is 103 Å². The quantitative estimate of drug-likeness (QED) is 0.475. The molecule has 2 saturated carbocycles. The fraction of sp³-hybridized carbons (Fsp3) is 0.542. The van der Waals surface area contributed by atoms with Crippen molar-refractivity contribution in [3.05, 3.63) is 39.9 Å². The van der Waals surface area contributed by atoms with Crippen molar-refractivity contribution in [1.82, 2.24) is 10.3 Å². The van der Waals surface area contributed by atoms with E-state index in [2.05, 4.69) is 20.9 Å². The van der Waals surface area contributed by atoms with E-state index in [-0.39, 0.29) is 17.9 Å². The zero-order chi connectivity index (χ0) is 22.7. The van der Waals surface area contributed by atoms with E-state index < -0.39 is 6.10 Å². The maximum absolute atomic E-state index is 12.9. The van der Waals surface area contributed by atoms with Crippen LogP contribution in [0.15, 0.2) is 18.2 Å². The molecule has 1 heterocycles. The Morgan fingerprint density at radius 1 is 1.12 bits per heavy atom. The van der Waals surface area contributed by atoms with Gasteiger partial charge in [0.15, 0.2) is 5.13 Å². The minimum atomic E-state index is -0.501. The maximum atomic E-state index is 12.9.